The van der Waals surface area contributed by atoms with Crippen molar-refractivity contribution in [1.29, 1.82) is 0 Å². The van der Waals surface area contributed by atoms with E-state index in [1.165, 1.54) is 12.8 Å². The van der Waals surface area contributed by atoms with Crippen LogP contribution in [0.4, 0.5) is 0 Å². The van der Waals surface area contributed by atoms with Crippen LogP contribution in [0.15, 0.2) is 12.1 Å². The quantitative estimate of drug-likeness (QED) is 0.704. The van der Waals surface area contributed by atoms with Gasteiger partial charge in [-0.05, 0) is 62.3 Å². The molecule has 0 spiro atoms. The summed E-state index contributed by atoms with van der Waals surface area (Å²) in [5, 5.41) is 0. The van der Waals surface area contributed by atoms with Crippen LogP contribution in [0.25, 0.3) is 0 Å². The van der Waals surface area contributed by atoms with Crippen LogP contribution in [-0.2, 0) is 0 Å². The van der Waals surface area contributed by atoms with Gasteiger partial charge in [-0.25, -0.2) is 0 Å². The average Bonchev–Trinajstić information content (AvgIpc) is 2.86. The number of rotatable bonds is 5. The predicted molar refractivity (Wildman–Crippen MR) is 87.2 cm³/mol. The highest BCUT2D eigenvalue weighted by molar-refractivity contribution is 6.01. The predicted octanol–water partition coefficient (Wildman–Crippen LogP) is 5.10. The van der Waals surface area contributed by atoms with Gasteiger partial charge < -0.3 is 4.74 Å². The van der Waals surface area contributed by atoms with Gasteiger partial charge in [0.2, 0.25) is 0 Å². The smallest absolute Gasteiger partial charge is 0.169 e. The van der Waals surface area contributed by atoms with Crippen molar-refractivity contribution >= 4 is 5.78 Å². The number of ether oxygens (including phenoxy) is 1. The molecule has 21 heavy (non-hydrogen) atoms. The van der Waals surface area contributed by atoms with Crippen LogP contribution in [-0.4, -0.2) is 12.9 Å². The van der Waals surface area contributed by atoms with E-state index < -0.39 is 0 Å². The topological polar surface area (TPSA) is 26.3 Å². The molecule has 0 amide bonds. The summed E-state index contributed by atoms with van der Waals surface area (Å²) < 4.78 is 5.41. The second-order valence-corrected chi connectivity index (χ2v) is 7.06. The average molecular weight is 288 g/mol. The molecule has 0 heterocycles. The molecule has 116 valence electrons. The van der Waals surface area contributed by atoms with Gasteiger partial charge in [0.05, 0.1) is 7.11 Å². The van der Waals surface area contributed by atoms with Gasteiger partial charge >= 0.3 is 0 Å². The minimum Gasteiger partial charge on any atom is -0.496 e. The minimum atomic E-state index is -0.123. The van der Waals surface area contributed by atoms with Gasteiger partial charge in [-0.1, -0.05) is 26.7 Å². The molecule has 0 N–H and O–H groups in total. The molecule has 1 aliphatic rings. The summed E-state index contributed by atoms with van der Waals surface area (Å²) in [5.41, 5.74) is 2.85. The first kappa shape index (κ1) is 16.1. The molecule has 0 aliphatic heterocycles. The highest BCUT2D eigenvalue weighted by Gasteiger charge is 2.41. The molecule has 1 aromatic carbocycles. The lowest BCUT2D eigenvalue weighted by atomic mass is 9.73. The molecule has 0 bridgehead atoms. The van der Waals surface area contributed by atoms with Crippen molar-refractivity contribution in [2.24, 2.45) is 11.3 Å². The molecular weight excluding hydrogens is 260 g/mol. The van der Waals surface area contributed by atoms with Crippen molar-refractivity contribution in [3.05, 3.63) is 28.8 Å². The zero-order valence-corrected chi connectivity index (χ0v) is 14.1. The Morgan fingerprint density at radius 2 is 1.71 bits per heavy atom. The Balaban J connectivity index is 2.38. The van der Waals surface area contributed by atoms with Crippen molar-refractivity contribution in [3.8, 4) is 5.75 Å². The van der Waals surface area contributed by atoms with Crippen molar-refractivity contribution in [2.75, 3.05) is 7.11 Å². The van der Waals surface area contributed by atoms with Gasteiger partial charge in [-0.3, -0.25) is 4.79 Å². The zero-order chi connectivity index (χ0) is 15.6. The maximum absolute atomic E-state index is 13.2. The first-order valence-corrected chi connectivity index (χ1v) is 8.09. The molecule has 2 rings (SSSR count). The van der Waals surface area contributed by atoms with Crippen LogP contribution in [0.3, 0.4) is 0 Å². The summed E-state index contributed by atoms with van der Waals surface area (Å²) in [6.07, 6.45) is 5.48. The Morgan fingerprint density at radius 3 is 2.14 bits per heavy atom. The molecule has 0 atom stereocenters. The Labute approximate surface area is 128 Å². The van der Waals surface area contributed by atoms with E-state index in [9.17, 15) is 4.79 Å². The summed E-state index contributed by atoms with van der Waals surface area (Å²) in [6.45, 7) is 8.48. The van der Waals surface area contributed by atoms with E-state index in [4.69, 9.17) is 4.74 Å². The molecule has 2 heteroatoms. The van der Waals surface area contributed by atoms with Crippen LogP contribution in [0.2, 0.25) is 0 Å². The van der Waals surface area contributed by atoms with Gasteiger partial charge in [0.25, 0.3) is 0 Å². The fraction of sp³-hybridized carbons (Fsp3) is 0.632. The van der Waals surface area contributed by atoms with Crippen LogP contribution in [0.1, 0.15) is 67.4 Å². The van der Waals surface area contributed by atoms with Crippen molar-refractivity contribution in [2.45, 2.75) is 59.8 Å². The highest BCUT2D eigenvalue weighted by atomic mass is 16.5. The number of Topliss-reactive ketones (excluding diaryl/α,β-unsaturated/α-hetero) is 1. The Morgan fingerprint density at radius 1 is 1.19 bits per heavy atom. The maximum Gasteiger partial charge on any atom is 0.169 e. The van der Waals surface area contributed by atoms with E-state index in [1.807, 2.05) is 26.0 Å². The molecule has 1 aliphatic carbocycles. The van der Waals surface area contributed by atoms with Gasteiger partial charge in [0, 0.05) is 11.0 Å². The molecule has 0 radical (unpaired) electrons. The van der Waals surface area contributed by atoms with Gasteiger partial charge in [-0.15, -0.1) is 0 Å². The van der Waals surface area contributed by atoms with E-state index in [2.05, 4.69) is 13.8 Å². The number of methoxy groups -OCH3 is 1. The lowest BCUT2D eigenvalue weighted by Gasteiger charge is -2.30. The number of hydrogen-bond donors (Lipinski definition) is 0. The Bertz CT molecular complexity index is 499. The fourth-order valence-electron chi connectivity index (χ4n) is 4.07. The molecule has 2 nitrogen and oxygen atoms in total. The number of carbonyl (C=O) groups excluding carboxylic acids is 1. The Kier molecular flexibility index (Phi) is 4.75. The third-order valence-corrected chi connectivity index (χ3v) is 4.77. The maximum atomic E-state index is 13.2. The second kappa shape index (κ2) is 6.21. The van der Waals surface area contributed by atoms with Crippen LogP contribution >= 0.6 is 0 Å². The van der Waals surface area contributed by atoms with E-state index >= 15 is 0 Å². The lowest BCUT2D eigenvalue weighted by Crippen LogP contribution is -2.30. The zero-order valence-electron chi connectivity index (χ0n) is 14.1. The van der Waals surface area contributed by atoms with E-state index in [0.717, 1.165) is 41.7 Å². The summed E-state index contributed by atoms with van der Waals surface area (Å²) >= 11 is 0. The molecule has 0 saturated heterocycles. The standard InChI is InChI=1S/C19H28O2/c1-13(2)12-19(8-6-7-9-19)18(20)16-10-14(3)17(21-5)15(4)11-16/h10-11,13H,6-9,12H2,1-5H3. The summed E-state index contributed by atoms with van der Waals surface area (Å²) in [5.74, 6) is 1.81. The summed E-state index contributed by atoms with van der Waals surface area (Å²) in [7, 11) is 1.69. The van der Waals surface area contributed by atoms with E-state index in [0.29, 0.717) is 11.7 Å². The second-order valence-electron chi connectivity index (χ2n) is 7.06. The Hall–Kier alpha value is -1.31. The van der Waals surface area contributed by atoms with E-state index in [1.54, 1.807) is 7.11 Å². The van der Waals surface area contributed by atoms with Crippen molar-refractivity contribution in [3.63, 3.8) is 0 Å². The monoisotopic (exact) mass is 288 g/mol. The largest absolute Gasteiger partial charge is 0.496 e. The van der Waals surface area contributed by atoms with Crippen LogP contribution < -0.4 is 4.74 Å². The molecular formula is C19H28O2. The molecule has 0 aromatic heterocycles. The molecule has 1 fully saturated rings. The summed E-state index contributed by atoms with van der Waals surface area (Å²) in [4.78, 5) is 13.2. The first-order chi connectivity index (χ1) is 9.89. The summed E-state index contributed by atoms with van der Waals surface area (Å²) in [6, 6.07) is 4.02. The number of hydrogen-bond acceptors (Lipinski definition) is 2. The SMILES string of the molecule is COc1c(C)cc(C(=O)C2(CC(C)C)CCCC2)cc1C. The third-order valence-electron chi connectivity index (χ3n) is 4.77. The van der Waals surface area contributed by atoms with Crippen molar-refractivity contribution < 1.29 is 9.53 Å². The normalized spacial score (nSPS) is 17.2. The fourth-order valence-corrected chi connectivity index (χ4v) is 4.07. The van der Waals surface area contributed by atoms with Crippen LogP contribution in [0.5, 0.6) is 5.75 Å². The van der Waals surface area contributed by atoms with E-state index in [-0.39, 0.29) is 5.41 Å². The minimum absolute atomic E-state index is 0.123. The third kappa shape index (κ3) is 3.14. The number of carbonyl (C=O) groups is 1. The number of ketones is 1. The highest BCUT2D eigenvalue weighted by Crippen LogP contribution is 2.46. The lowest BCUT2D eigenvalue weighted by molar-refractivity contribution is 0.0759. The molecule has 1 saturated carbocycles. The van der Waals surface area contributed by atoms with Gasteiger partial charge in [0.1, 0.15) is 5.75 Å². The molecule has 1 aromatic rings. The van der Waals surface area contributed by atoms with Gasteiger partial charge in [0.15, 0.2) is 5.78 Å². The number of aryl methyl sites for hydroxylation is 2. The van der Waals surface area contributed by atoms with Crippen LogP contribution in [0, 0.1) is 25.2 Å². The number of benzene rings is 1. The first-order valence-electron chi connectivity index (χ1n) is 8.09. The molecule has 0 unspecified atom stereocenters. The van der Waals surface area contributed by atoms with Gasteiger partial charge in [-0.2, -0.15) is 0 Å². The van der Waals surface area contributed by atoms with Crippen molar-refractivity contribution in [1.82, 2.24) is 0 Å².